The van der Waals surface area contributed by atoms with E-state index in [-0.39, 0.29) is 18.9 Å². The van der Waals surface area contributed by atoms with Crippen LogP contribution in [0.3, 0.4) is 0 Å². The van der Waals surface area contributed by atoms with Crippen LogP contribution in [0.4, 0.5) is 3.55 Å². The topological polar surface area (TPSA) is 17.1 Å². The number of halogens is 1. The van der Waals surface area contributed by atoms with Crippen LogP contribution in [-0.2, 0) is 19.2 Å². The molecule has 0 amide bonds. The Balaban J connectivity index is 0. The molecule has 0 aromatic heterocycles. The maximum atomic E-state index is 9.77. The summed E-state index contributed by atoms with van der Waals surface area (Å²) >= 11 is -1.69. The first-order valence-corrected chi connectivity index (χ1v) is 1.23. The summed E-state index contributed by atoms with van der Waals surface area (Å²) in [6.45, 7) is 0. The molecule has 0 saturated carbocycles. The van der Waals surface area contributed by atoms with Crippen molar-refractivity contribution in [3.05, 3.63) is 0 Å². The molecule has 0 aliphatic rings. The summed E-state index contributed by atoms with van der Waals surface area (Å²) in [7, 11) is 0. The van der Waals surface area contributed by atoms with Gasteiger partial charge in [-0.15, -0.1) is 0 Å². The third kappa shape index (κ3) is 13.5. The van der Waals surface area contributed by atoms with E-state index in [9.17, 15) is 3.55 Å². The Morgan fingerprint density at radius 2 is 1.75 bits per heavy atom. The minimum atomic E-state index is -1.69. The molecule has 0 aromatic carbocycles. The van der Waals surface area contributed by atoms with Crippen molar-refractivity contribution in [3.63, 3.8) is 0 Å². The average molecular weight is 97.9 g/mol. The molecule has 0 N–H and O–H groups in total. The van der Waals surface area contributed by atoms with Crippen LogP contribution >= 0.6 is 0 Å². The van der Waals surface area contributed by atoms with E-state index in [1.54, 1.807) is 0 Å². The summed E-state index contributed by atoms with van der Waals surface area (Å²) < 4.78 is 18.1. The molecule has 0 aliphatic heterocycles. The first-order valence-electron chi connectivity index (χ1n) is 0.297. The van der Waals surface area contributed by atoms with E-state index in [2.05, 4.69) is 0 Å². The molecule has 1 nitrogen and oxygen atoms in total. The van der Waals surface area contributed by atoms with Crippen molar-refractivity contribution in [2.75, 3.05) is 0 Å². The predicted molar refractivity (Wildman–Crippen MR) is 8.94 cm³/mol. The molecule has 0 fully saturated rings. The Morgan fingerprint density at radius 3 is 1.75 bits per heavy atom. The minimum absolute atomic E-state index is 0. The van der Waals surface area contributed by atoms with Crippen LogP contribution in [0, 0.1) is 0 Å². The summed E-state index contributed by atoms with van der Waals surface area (Å²) in [5.74, 6) is 0. The third-order valence-electron chi connectivity index (χ3n) is 0. The van der Waals surface area contributed by atoms with Crippen molar-refractivity contribution < 1.29 is 22.7 Å². The summed E-state index contributed by atoms with van der Waals surface area (Å²) in [6.07, 6.45) is 0. The van der Waals surface area contributed by atoms with Crippen molar-refractivity contribution in [3.8, 4) is 0 Å². The summed E-state index contributed by atoms with van der Waals surface area (Å²) in [5, 5.41) is 0. The summed E-state index contributed by atoms with van der Waals surface area (Å²) in [4.78, 5) is 0. The van der Waals surface area contributed by atoms with Crippen LogP contribution in [0.15, 0.2) is 0 Å². The monoisotopic (exact) mass is 98.0 g/mol. The second kappa shape index (κ2) is 9.14. The quantitative estimate of drug-likeness (QED) is 0.378. The first-order chi connectivity index (χ1) is 1.41. The molecule has 0 spiro atoms. The third-order valence-corrected chi connectivity index (χ3v) is 0. The fourth-order valence-corrected chi connectivity index (χ4v) is 0. The zero-order chi connectivity index (χ0) is 2.71. The van der Waals surface area contributed by atoms with E-state index in [4.69, 9.17) is 3.83 Å². The molecule has 0 unspecified atom stereocenters. The van der Waals surface area contributed by atoms with Gasteiger partial charge in [-0.05, 0) is 0 Å². The van der Waals surface area contributed by atoms with Crippen LogP contribution in [0.5, 0.6) is 0 Å². The van der Waals surface area contributed by atoms with Gasteiger partial charge in [-0.3, -0.25) is 0 Å². The molecule has 4 heteroatoms. The Labute approximate surface area is 42.0 Å². The zero-order valence-corrected chi connectivity index (χ0v) is 2.34. The van der Waals surface area contributed by atoms with Crippen molar-refractivity contribution in [2.45, 2.75) is 0 Å². The molecular weight excluding hydrogens is 96.9 g/mol. The molecule has 0 radical (unpaired) electrons. The molecule has 0 aliphatic carbocycles. The van der Waals surface area contributed by atoms with Crippen molar-refractivity contribution in [1.82, 2.24) is 0 Å². The second-order valence-corrected chi connectivity index (χ2v) is 0.240. The van der Waals surface area contributed by atoms with Crippen molar-refractivity contribution >= 4 is 18.9 Å². The Bertz CT molecular complexity index is 15.5. The van der Waals surface area contributed by atoms with Gasteiger partial charge >= 0.3 is 41.6 Å². The van der Waals surface area contributed by atoms with E-state index in [1.807, 2.05) is 0 Å². The van der Waals surface area contributed by atoms with Gasteiger partial charge in [0.05, 0.1) is 0 Å². The Morgan fingerprint density at radius 1 is 1.75 bits per heavy atom. The van der Waals surface area contributed by atoms with Gasteiger partial charge < -0.3 is 0 Å². The molecule has 0 aromatic rings. The summed E-state index contributed by atoms with van der Waals surface area (Å²) in [6, 6.07) is 0. The van der Waals surface area contributed by atoms with Gasteiger partial charge in [-0.1, -0.05) is 0 Å². The van der Waals surface area contributed by atoms with E-state index in [0.717, 1.165) is 0 Å². The predicted octanol–water partition coefficient (Wildman–Crippen LogP) is -0.350. The van der Waals surface area contributed by atoms with E-state index in [1.165, 1.54) is 0 Å². The molecule has 22 valence electrons. The van der Waals surface area contributed by atoms with Crippen LogP contribution in [0.1, 0.15) is 0 Å². The second-order valence-electron chi connectivity index (χ2n) is 0.0583. The van der Waals surface area contributed by atoms with Gasteiger partial charge in [-0.25, -0.2) is 0 Å². The van der Waals surface area contributed by atoms with Crippen LogP contribution < -0.4 is 0 Å². The zero-order valence-electron chi connectivity index (χ0n) is 1.16. The number of hydrogen-bond acceptors (Lipinski definition) is 1. The van der Waals surface area contributed by atoms with Crippen LogP contribution in [0.2, 0.25) is 0 Å². The fourth-order valence-electron chi connectivity index (χ4n) is 0. The van der Waals surface area contributed by atoms with Gasteiger partial charge in [0.25, 0.3) is 0 Å². The van der Waals surface area contributed by atoms with E-state index in [0.29, 0.717) is 0 Å². The SMILES string of the molecule is [LiH].[O]=[Mn][F]. The van der Waals surface area contributed by atoms with E-state index >= 15 is 0 Å². The van der Waals surface area contributed by atoms with Gasteiger partial charge in [0.1, 0.15) is 0 Å². The average Bonchev–Trinajstić information content (AvgIpc) is 0.918. The fraction of sp³-hybridized carbons (Fsp3) is 0. The maximum absolute atomic E-state index is 9.77. The van der Waals surface area contributed by atoms with Crippen LogP contribution in [0.25, 0.3) is 0 Å². The first kappa shape index (κ1) is 8.85. The normalized spacial score (nSPS) is 4.25. The number of rotatable bonds is 0. The van der Waals surface area contributed by atoms with Gasteiger partial charge in [-0.2, -0.15) is 0 Å². The van der Waals surface area contributed by atoms with Gasteiger partial charge in [0, 0.05) is 0 Å². The molecule has 0 atom stereocenters. The standard InChI is InChI=1S/FH.Li.Mn.O.H/h1H;;;;/q;;+1;;/p-1. The summed E-state index contributed by atoms with van der Waals surface area (Å²) in [5.41, 5.74) is 0. The Kier molecular flexibility index (Phi) is 20.2. The Hall–Kier alpha value is 0.847. The van der Waals surface area contributed by atoms with Crippen molar-refractivity contribution in [1.29, 1.82) is 0 Å². The molecule has 0 rings (SSSR count). The molecular formula is HFLiMnO. The van der Waals surface area contributed by atoms with E-state index < -0.39 is 15.3 Å². The molecule has 0 bridgehead atoms. The van der Waals surface area contributed by atoms with Gasteiger partial charge in [0.2, 0.25) is 0 Å². The molecule has 0 saturated heterocycles. The molecule has 4 heavy (non-hydrogen) atoms. The number of hydrogen-bond donors (Lipinski definition) is 0. The van der Waals surface area contributed by atoms with Crippen molar-refractivity contribution in [2.24, 2.45) is 0 Å². The molecule has 0 heterocycles. The van der Waals surface area contributed by atoms with Gasteiger partial charge in [0.15, 0.2) is 0 Å². The van der Waals surface area contributed by atoms with Crippen LogP contribution in [-0.4, -0.2) is 18.9 Å².